The van der Waals surface area contributed by atoms with Crippen LogP contribution in [0.1, 0.15) is 49.9 Å². The van der Waals surface area contributed by atoms with E-state index >= 15 is 0 Å². The molecule has 0 atom stereocenters. The highest BCUT2D eigenvalue weighted by Gasteiger charge is 2.38. The minimum Gasteiger partial charge on any atom is -0.310 e. The minimum absolute atomic E-state index is 0.0831. The van der Waals surface area contributed by atoms with E-state index < -0.39 is 0 Å². The van der Waals surface area contributed by atoms with Gasteiger partial charge in [0.15, 0.2) is 0 Å². The molecule has 0 unspecified atom stereocenters. The van der Waals surface area contributed by atoms with E-state index in [0.29, 0.717) is 0 Å². The summed E-state index contributed by atoms with van der Waals surface area (Å²) in [5, 5.41) is 7.76. The van der Waals surface area contributed by atoms with Gasteiger partial charge >= 0.3 is 0 Å². The van der Waals surface area contributed by atoms with Crippen LogP contribution >= 0.6 is 0 Å². The highest BCUT2D eigenvalue weighted by atomic mass is 15.2. The molecule has 296 valence electrons. The van der Waals surface area contributed by atoms with Crippen molar-refractivity contribution in [1.29, 1.82) is 0 Å². The molecule has 0 fully saturated rings. The number of benzene rings is 10. The zero-order valence-corrected chi connectivity index (χ0v) is 35.5. The van der Waals surface area contributed by atoms with Crippen LogP contribution in [0.25, 0.3) is 54.6 Å². The number of hydrogen-bond acceptors (Lipinski definition) is 2. The summed E-state index contributed by atoms with van der Waals surface area (Å²) in [5.41, 5.74) is 17.1. The molecule has 10 aromatic rings. The van der Waals surface area contributed by atoms with Gasteiger partial charge in [-0.1, -0.05) is 161 Å². The molecule has 1 aliphatic carbocycles. The molecular formula is C60H46N2. The maximum absolute atomic E-state index is 2.50. The highest BCUT2D eigenvalue weighted by molar-refractivity contribution is 6.26. The van der Waals surface area contributed by atoms with Crippen molar-refractivity contribution in [2.24, 2.45) is 0 Å². The van der Waals surface area contributed by atoms with Crippen molar-refractivity contribution in [3.05, 3.63) is 229 Å². The minimum atomic E-state index is -0.280. The van der Waals surface area contributed by atoms with E-state index in [4.69, 9.17) is 0 Å². The summed E-state index contributed by atoms with van der Waals surface area (Å²) in [7, 11) is 0. The Morgan fingerprint density at radius 2 is 0.823 bits per heavy atom. The Bertz CT molecular complexity index is 3400. The molecule has 2 aliphatic rings. The number of anilines is 6. The Labute approximate surface area is 364 Å². The second-order valence-corrected chi connectivity index (χ2v) is 18.2. The first-order valence-electron chi connectivity index (χ1n) is 21.8. The summed E-state index contributed by atoms with van der Waals surface area (Å²) in [5.74, 6) is 0. The second kappa shape index (κ2) is 13.5. The molecule has 1 heterocycles. The number of nitrogens with zero attached hydrogens (tertiary/aromatic N) is 2. The van der Waals surface area contributed by atoms with E-state index in [-0.39, 0.29) is 10.8 Å². The van der Waals surface area contributed by atoms with Gasteiger partial charge in [-0.25, -0.2) is 0 Å². The molecule has 0 radical (unpaired) electrons. The van der Waals surface area contributed by atoms with E-state index in [1.165, 1.54) is 88.2 Å². The molecule has 2 nitrogen and oxygen atoms in total. The van der Waals surface area contributed by atoms with Crippen molar-refractivity contribution >= 4 is 66.4 Å². The fourth-order valence-corrected chi connectivity index (χ4v) is 10.8. The Hall–Kier alpha value is -7.42. The Kier molecular flexibility index (Phi) is 7.96. The Balaban J connectivity index is 0.982. The lowest BCUT2D eigenvalue weighted by Crippen LogP contribution is -2.30. The normalized spacial score (nSPS) is 14.4. The Morgan fingerprint density at radius 1 is 0.323 bits per heavy atom. The van der Waals surface area contributed by atoms with E-state index in [0.717, 1.165) is 22.7 Å². The standard InChI is InChI=1S/C60H46N2/c1-59(2)53-26-16-15-25-49(53)50-33-32-44(36-54(50)59)61(41-17-7-5-8-18-41)43-30-27-39(28-31-43)40-29-34-57-55(35-40)60(3,4)56-37-51-47-23-13-11-21-45(47)46-22-12-14-24-48(46)52(51)38-58(56)62(57)42-19-9-6-10-20-42/h5-38H,1-4H3. The summed E-state index contributed by atoms with van der Waals surface area (Å²) in [6.45, 7) is 9.52. The molecule has 0 saturated carbocycles. The highest BCUT2D eigenvalue weighted by Crippen LogP contribution is 2.55. The molecule has 62 heavy (non-hydrogen) atoms. The number of para-hydroxylation sites is 2. The number of rotatable bonds is 5. The lowest BCUT2D eigenvalue weighted by Gasteiger charge is -2.42. The van der Waals surface area contributed by atoms with Gasteiger partial charge in [-0.05, 0) is 150 Å². The summed E-state index contributed by atoms with van der Waals surface area (Å²) >= 11 is 0. The van der Waals surface area contributed by atoms with E-state index in [9.17, 15) is 0 Å². The van der Waals surface area contributed by atoms with Crippen LogP contribution in [0.15, 0.2) is 206 Å². The number of fused-ring (bicyclic) bond motifs is 11. The van der Waals surface area contributed by atoms with Gasteiger partial charge in [-0.15, -0.1) is 0 Å². The predicted molar refractivity (Wildman–Crippen MR) is 263 cm³/mol. The summed E-state index contributed by atoms with van der Waals surface area (Å²) < 4.78 is 0. The summed E-state index contributed by atoms with van der Waals surface area (Å²) in [4.78, 5) is 4.88. The zero-order valence-electron chi connectivity index (χ0n) is 35.5. The van der Waals surface area contributed by atoms with Crippen molar-refractivity contribution < 1.29 is 0 Å². The van der Waals surface area contributed by atoms with Crippen LogP contribution in [-0.2, 0) is 10.8 Å². The van der Waals surface area contributed by atoms with Crippen LogP contribution in [0, 0.1) is 0 Å². The fourth-order valence-electron chi connectivity index (χ4n) is 10.8. The monoisotopic (exact) mass is 794 g/mol. The molecule has 0 aromatic heterocycles. The molecular weight excluding hydrogens is 749 g/mol. The van der Waals surface area contributed by atoms with Gasteiger partial charge in [-0.2, -0.15) is 0 Å². The topological polar surface area (TPSA) is 6.48 Å². The van der Waals surface area contributed by atoms with E-state index in [1.807, 2.05) is 0 Å². The SMILES string of the molecule is CC1(C)c2ccccc2-c2ccc(N(c3ccccc3)c3ccc(-c4ccc5c(c4)C(C)(C)c4cc6c7ccccc7c7ccccc7c6cc4N5c4ccccc4)cc3)cc21. The average Bonchev–Trinajstić information content (AvgIpc) is 3.55. The van der Waals surface area contributed by atoms with Crippen molar-refractivity contribution in [2.45, 2.75) is 38.5 Å². The first-order valence-corrected chi connectivity index (χ1v) is 21.8. The lowest BCUT2D eigenvalue weighted by molar-refractivity contribution is 0.633. The van der Waals surface area contributed by atoms with Crippen LogP contribution in [0.5, 0.6) is 0 Å². The zero-order chi connectivity index (χ0) is 41.7. The van der Waals surface area contributed by atoms with Crippen LogP contribution in [0.4, 0.5) is 34.1 Å². The molecule has 2 heteroatoms. The maximum atomic E-state index is 2.50. The van der Waals surface area contributed by atoms with Crippen LogP contribution < -0.4 is 9.80 Å². The average molecular weight is 795 g/mol. The van der Waals surface area contributed by atoms with Gasteiger partial charge in [0.05, 0.1) is 11.4 Å². The molecule has 0 amide bonds. The van der Waals surface area contributed by atoms with Gasteiger partial charge in [0.2, 0.25) is 0 Å². The third-order valence-corrected chi connectivity index (χ3v) is 14.0. The lowest BCUT2D eigenvalue weighted by atomic mass is 9.72. The molecule has 0 bridgehead atoms. The third kappa shape index (κ3) is 5.36. The first-order chi connectivity index (χ1) is 30.3. The largest absolute Gasteiger partial charge is 0.310 e. The third-order valence-electron chi connectivity index (χ3n) is 14.0. The van der Waals surface area contributed by atoms with E-state index in [1.54, 1.807) is 0 Å². The first kappa shape index (κ1) is 36.4. The maximum Gasteiger partial charge on any atom is 0.0509 e. The summed E-state index contributed by atoms with van der Waals surface area (Å²) in [6.07, 6.45) is 0. The van der Waals surface area contributed by atoms with Crippen molar-refractivity contribution in [3.8, 4) is 22.3 Å². The van der Waals surface area contributed by atoms with Crippen molar-refractivity contribution in [1.82, 2.24) is 0 Å². The molecule has 1 aliphatic heterocycles. The predicted octanol–water partition coefficient (Wildman–Crippen LogP) is 16.7. The molecule has 0 saturated heterocycles. The Morgan fingerprint density at radius 3 is 1.52 bits per heavy atom. The summed E-state index contributed by atoms with van der Waals surface area (Å²) in [6, 6.07) is 76.5. The fraction of sp³-hybridized carbons (Fsp3) is 0.100. The van der Waals surface area contributed by atoms with Crippen LogP contribution in [0.2, 0.25) is 0 Å². The van der Waals surface area contributed by atoms with Gasteiger partial charge in [0.25, 0.3) is 0 Å². The van der Waals surface area contributed by atoms with Crippen molar-refractivity contribution in [3.63, 3.8) is 0 Å². The molecule has 0 spiro atoms. The van der Waals surface area contributed by atoms with Crippen LogP contribution in [-0.4, -0.2) is 0 Å². The van der Waals surface area contributed by atoms with Gasteiger partial charge in [0, 0.05) is 33.6 Å². The van der Waals surface area contributed by atoms with E-state index in [2.05, 4.69) is 244 Å². The van der Waals surface area contributed by atoms with Gasteiger partial charge in [-0.3, -0.25) is 0 Å². The van der Waals surface area contributed by atoms with Crippen LogP contribution in [0.3, 0.4) is 0 Å². The van der Waals surface area contributed by atoms with Gasteiger partial charge in [0.1, 0.15) is 0 Å². The second-order valence-electron chi connectivity index (χ2n) is 18.2. The molecule has 10 aromatic carbocycles. The smallest absolute Gasteiger partial charge is 0.0509 e. The molecule has 0 N–H and O–H groups in total. The quantitative estimate of drug-likeness (QED) is 0.160. The van der Waals surface area contributed by atoms with Crippen molar-refractivity contribution in [2.75, 3.05) is 9.80 Å². The number of hydrogen-bond donors (Lipinski definition) is 0. The molecule has 12 rings (SSSR count). The van der Waals surface area contributed by atoms with Gasteiger partial charge < -0.3 is 9.80 Å².